The number of nitrogens with two attached hydrogens (primary N) is 1. The van der Waals surface area contributed by atoms with Crippen LogP contribution in [0, 0.1) is 11.6 Å². The summed E-state index contributed by atoms with van der Waals surface area (Å²) >= 11 is 8.91. The molecule has 0 spiro atoms. The van der Waals surface area contributed by atoms with Gasteiger partial charge in [0.15, 0.2) is 0 Å². The number of rotatable bonds is 3. The molecule has 0 fully saturated rings. The molecule has 0 aliphatic rings. The van der Waals surface area contributed by atoms with E-state index in [2.05, 4.69) is 21.4 Å². The number of hydrazine groups is 1. The fourth-order valence-corrected chi connectivity index (χ4v) is 2.38. The number of nitrogens with one attached hydrogen (secondary N) is 1. The summed E-state index contributed by atoms with van der Waals surface area (Å²) in [4.78, 5) is 0. The lowest BCUT2D eigenvalue weighted by Crippen LogP contribution is -2.30. The van der Waals surface area contributed by atoms with E-state index in [0.717, 1.165) is 0 Å². The molecule has 0 saturated heterocycles. The summed E-state index contributed by atoms with van der Waals surface area (Å²) in [5.41, 5.74) is 2.83. The van der Waals surface area contributed by atoms with Crippen molar-refractivity contribution in [2.45, 2.75) is 6.04 Å². The molecule has 0 aliphatic heterocycles. The topological polar surface area (TPSA) is 38.0 Å². The lowest BCUT2D eigenvalue weighted by atomic mass is 9.98. The maximum absolute atomic E-state index is 14.1. The van der Waals surface area contributed by atoms with Gasteiger partial charge in [0.05, 0.1) is 10.5 Å². The summed E-state index contributed by atoms with van der Waals surface area (Å²) in [5, 5.41) is 0.466. The van der Waals surface area contributed by atoms with Crippen molar-refractivity contribution in [1.82, 2.24) is 5.43 Å². The van der Waals surface area contributed by atoms with Gasteiger partial charge in [-0.1, -0.05) is 23.7 Å². The number of hydrogen-bond acceptors (Lipinski definition) is 2. The SMILES string of the molecule is NNC(c1cccc(Cl)c1)c1c(F)ccc(Br)c1F. The smallest absolute Gasteiger partial charge is 0.145 e. The van der Waals surface area contributed by atoms with E-state index in [1.165, 1.54) is 12.1 Å². The first-order chi connectivity index (χ1) is 9.04. The monoisotopic (exact) mass is 346 g/mol. The van der Waals surface area contributed by atoms with Gasteiger partial charge < -0.3 is 0 Å². The van der Waals surface area contributed by atoms with Crippen LogP contribution in [0.15, 0.2) is 40.9 Å². The van der Waals surface area contributed by atoms with Crippen LogP contribution in [-0.2, 0) is 0 Å². The first-order valence-electron chi connectivity index (χ1n) is 5.39. The molecule has 2 aromatic rings. The van der Waals surface area contributed by atoms with E-state index in [1.54, 1.807) is 24.3 Å². The first kappa shape index (κ1) is 14.4. The average molecular weight is 348 g/mol. The average Bonchev–Trinajstić information content (AvgIpc) is 2.39. The van der Waals surface area contributed by atoms with E-state index >= 15 is 0 Å². The van der Waals surface area contributed by atoms with Crippen molar-refractivity contribution >= 4 is 27.5 Å². The lowest BCUT2D eigenvalue weighted by molar-refractivity contribution is 0.507. The summed E-state index contributed by atoms with van der Waals surface area (Å²) in [6, 6.07) is 8.32. The molecule has 100 valence electrons. The number of hydrogen-bond donors (Lipinski definition) is 2. The Hall–Kier alpha value is -1.01. The molecule has 0 aliphatic carbocycles. The van der Waals surface area contributed by atoms with Gasteiger partial charge in [-0.15, -0.1) is 0 Å². The minimum absolute atomic E-state index is 0.154. The van der Waals surface area contributed by atoms with Crippen LogP contribution in [0.5, 0.6) is 0 Å². The molecule has 2 nitrogen and oxygen atoms in total. The Morgan fingerprint density at radius 3 is 2.58 bits per heavy atom. The molecule has 1 unspecified atom stereocenters. The van der Waals surface area contributed by atoms with Crippen LogP contribution in [-0.4, -0.2) is 0 Å². The fraction of sp³-hybridized carbons (Fsp3) is 0.0769. The highest BCUT2D eigenvalue weighted by molar-refractivity contribution is 9.10. The summed E-state index contributed by atoms with van der Waals surface area (Å²) < 4.78 is 28.1. The van der Waals surface area contributed by atoms with E-state index < -0.39 is 17.7 Å². The Morgan fingerprint density at radius 2 is 1.95 bits per heavy atom. The maximum atomic E-state index is 14.1. The predicted octanol–water partition coefficient (Wildman–Crippen LogP) is 3.93. The normalized spacial score (nSPS) is 12.5. The van der Waals surface area contributed by atoms with Crippen molar-refractivity contribution in [2.75, 3.05) is 0 Å². The van der Waals surface area contributed by atoms with E-state index in [-0.39, 0.29) is 10.0 Å². The molecule has 3 N–H and O–H groups in total. The molecule has 0 aromatic heterocycles. The third kappa shape index (κ3) is 2.95. The van der Waals surface area contributed by atoms with Gasteiger partial charge >= 0.3 is 0 Å². The Morgan fingerprint density at radius 1 is 1.21 bits per heavy atom. The molecule has 2 aromatic carbocycles. The first-order valence-corrected chi connectivity index (χ1v) is 6.56. The Bertz CT molecular complexity index is 607. The van der Waals surface area contributed by atoms with Crippen LogP contribution in [0.1, 0.15) is 17.2 Å². The van der Waals surface area contributed by atoms with Gasteiger partial charge in [0.1, 0.15) is 11.6 Å². The van der Waals surface area contributed by atoms with Crippen molar-refractivity contribution in [3.05, 3.63) is 68.7 Å². The van der Waals surface area contributed by atoms with Crippen LogP contribution in [0.3, 0.4) is 0 Å². The molecule has 0 saturated carbocycles. The summed E-state index contributed by atoms with van der Waals surface area (Å²) in [6.45, 7) is 0. The van der Waals surface area contributed by atoms with Crippen LogP contribution >= 0.6 is 27.5 Å². The molecule has 6 heteroatoms. The summed E-state index contributed by atoms with van der Waals surface area (Å²) in [6.07, 6.45) is 0. The lowest BCUT2D eigenvalue weighted by Gasteiger charge is -2.19. The van der Waals surface area contributed by atoms with Crippen LogP contribution in [0.25, 0.3) is 0 Å². The van der Waals surface area contributed by atoms with E-state index in [0.29, 0.717) is 10.6 Å². The molecule has 0 radical (unpaired) electrons. The Kier molecular flexibility index (Phi) is 4.52. The predicted molar refractivity (Wildman–Crippen MR) is 74.7 cm³/mol. The Labute approximate surface area is 122 Å². The van der Waals surface area contributed by atoms with Gasteiger partial charge in [0, 0.05) is 10.6 Å². The highest BCUT2D eigenvalue weighted by Crippen LogP contribution is 2.31. The molecule has 0 bridgehead atoms. The maximum Gasteiger partial charge on any atom is 0.145 e. The minimum Gasteiger partial charge on any atom is -0.271 e. The fourth-order valence-electron chi connectivity index (χ4n) is 1.84. The zero-order valence-corrected chi connectivity index (χ0v) is 12.0. The van der Waals surface area contributed by atoms with Crippen molar-refractivity contribution < 1.29 is 8.78 Å². The van der Waals surface area contributed by atoms with Gasteiger partial charge in [-0.05, 0) is 45.8 Å². The van der Waals surface area contributed by atoms with Gasteiger partial charge in [0.25, 0.3) is 0 Å². The van der Waals surface area contributed by atoms with Crippen molar-refractivity contribution in [3.63, 3.8) is 0 Å². The molecular formula is C13H10BrClF2N2. The summed E-state index contributed by atoms with van der Waals surface area (Å²) in [7, 11) is 0. The van der Waals surface area contributed by atoms with Gasteiger partial charge in [-0.3, -0.25) is 5.84 Å². The van der Waals surface area contributed by atoms with E-state index in [9.17, 15) is 8.78 Å². The second-order valence-corrected chi connectivity index (χ2v) is 5.20. The van der Waals surface area contributed by atoms with Gasteiger partial charge in [-0.25, -0.2) is 14.2 Å². The van der Waals surface area contributed by atoms with Gasteiger partial charge in [-0.2, -0.15) is 0 Å². The van der Waals surface area contributed by atoms with Crippen LogP contribution in [0.2, 0.25) is 5.02 Å². The minimum atomic E-state index is -0.823. The third-order valence-electron chi connectivity index (χ3n) is 2.72. The van der Waals surface area contributed by atoms with Crippen LogP contribution in [0.4, 0.5) is 8.78 Å². The number of benzene rings is 2. The number of halogens is 4. The molecule has 1 atom stereocenters. The molecule has 0 amide bonds. The zero-order valence-electron chi connectivity index (χ0n) is 9.63. The second kappa shape index (κ2) is 5.96. The van der Waals surface area contributed by atoms with Crippen molar-refractivity contribution in [1.29, 1.82) is 0 Å². The van der Waals surface area contributed by atoms with Crippen molar-refractivity contribution in [3.8, 4) is 0 Å². The van der Waals surface area contributed by atoms with Crippen LogP contribution < -0.4 is 11.3 Å². The highest BCUT2D eigenvalue weighted by atomic mass is 79.9. The molecule has 0 heterocycles. The highest BCUT2D eigenvalue weighted by Gasteiger charge is 2.22. The zero-order chi connectivity index (χ0) is 14.0. The van der Waals surface area contributed by atoms with Gasteiger partial charge in [0.2, 0.25) is 0 Å². The summed E-state index contributed by atoms with van der Waals surface area (Å²) in [5.74, 6) is 4.06. The quantitative estimate of drug-likeness (QED) is 0.501. The second-order valence-electron chi connectivity index (χ2n) is 3.91. The largest absolute Gasteiger partial charge is 0.271 e. The molecule has 19 heavy (non-hydrogen) atoms. The van der Waals surface area contributed by atoms with Crippen molar-refractivity contribution in [2.24, 2.45) is 5.84 Å². The van der Waals surface area contributed by atoms with E-state index in [1.807, 2.05) is 0 Å². The molecule has 2 rings (SSSR count). The third-order valence-corrected chi connectivity index (χ3v) is 3.56. The standard InChI is InChI=1S/C13H10BrClF2N2/c14-9-4-5-10(16)11(12(9)17)13(19-18)7-2-1-3-8(15)6-7/h1-6,13,19H,18H2. The Balaban J connectivity index is 2.57. The van der Waals surface area contributed by atoms with E-state index in [4.69, 9.17) is 17.4 Å². The molecular weight excluding hydrogens is 338 g/mol.